The van der Waals surface area contributed by atoms with Crippen molar-refractivity contribution in [3.63, 3.8) is 0 Å². The van der Waals surface area contributed by atoms with E-state index in [2.05, 4.69) is 38.7 Å². The van der Waals surface area contributed by atoms with Gasteiger partial charge in [0.25, 0.3) is 0 Å². The number of nitrogens with one attached hydrogen (secondary N) is 1. The van der Waals surface area contributed by atoms with Crippen LogP contribution in [-0.4, -0.2) is 32.0 Å². The van der Waals surface area contributed by atoms with Gasteiger partial charge in [-0.1, -0.05) is 6.92 Å². The molecule has 3 rings (SSSR count). The molecule has 2 aromatic heterocycles. The number of aromatic nitrogens is 4. The van der Waals surface area contributed by atoms with Crippen LogP contribution in [0.2, 0.25) is 0 Å². The van der Waals surface area contributed by atoms with E-state index in [4.69, 9.17) is 5.73 Å². The molecule has 2 unspecified atom stereocenters. The van der Waals surface area contributed by atoms with E-state index >= 15 is 0 Å². The largest absolute Gasteiger partial charge is 0.368 e. The van der Waals surface area contributed by atoms with Crippen molar-refractivity contribution in [2.75, 3.05) is 10.6 Å². The van der Waals surface area contributed by atoms with Gasteiger partial charge in [0, 0.05) is 12.1 Å². The predicted octanol–water partition coefficient (Wildman–Crippen LogP) is 1.70. The molecule has 18 heavy (non-hydrogen) atoms. The summed E-state index contributed by atoms with van der Waals surface area (Å²) in [7, 11) is 0. The summed E-state index contributed by atoms with van der Waals surface area (Å²) in [5, 5.41) is 0. The molecule has 1 aliphatic rings. The molecule has 3 heterocycles. The zero-order chi connectivity index (χ0) is 12.7. The Hall–Kier alpha value is -1.85. The van der Waals surface area contributed by atoms with E-state index in [1.54, 1.807) is 6.33 Å². The van der Waals surface area contributed by atoms with E-state index in [1.807, 2.05) is 0 Å². The highest BCUT2D eigenvalue weighted by atomic mass is 15.3. The maximum Gasteiger partial charge on any atom is 0.224 e. The van der Waals surface area contributed by atoms with Crippen molar-refractivity contribution < 1.29 is 0 Å². The normalized spacial score (nSPS) is 24.0. The smallest absolute Gasteiger partial charge is 0.224 e. The van der Waals surface area contributed by atoms with Gasteiger partial charge < -0.3 is 15.6 Å². The molecule has 2 aromatic rings. The first-order valence-corrected chi connectivity index (χ1v) is 6.45. The molecule has 0 aromatic carbocycles. The molecule has 1 fully saturated rings. The zero-order valence-electron chi connectivity index (χ0n) is 10.7. The average molecular weight is 246 g/mol. The number of nitrogens with zero attached hydrogens (tertiary/aromatic N) is 4. The van der Waals surface area contributed by atoms with Gasteiger partial charge in [0.1, 0.15) is 5.52 Å². The predicted molar refractivity (Wildman–Crippen MR) is 71.4 cm³/mol. The summed E-state index contributed by atoms with van der Waals surface area (Å²) in [5.74, 6) is 1.19. The second kappa shape index (κ2) is 4.12. The van der Waals surface area contributed by atoms with Crippen LogP contribution in [0.5, 0.6) is 0 Å². The summed E-state index contributed by atoms with van der Waals surface area (Å²) in [6, 6.07) is 1.01. The summed E-state index contributed by atoms with van der Waals surface area (Å²) in [6.45, 7) is 4.45. The molecule has 0 bridgehead atoms. The van der Waals surface area contributed by atoms with Gasteiger partial charge in [-0.05, 0) is 26.2 Å². The maximum atomic E-state index is 5.78. The number of aromatic amines is 1. The van der Waals surface area contributed by atoms with Gasteiger partial charge in [-0.15, -0.1) is 0 Å². The molecule has 0 amide bonds. The highest BCUT2D eigenvalue weighted by Crippen LogP contribution is 2.33. The lowest BCUT2D eigenvalue weighted by Gasteiger charge is -2.29. The number of nitrogens with two attached hydrogens (primary N) is 1. The van der Waals surface area contributed by atoms with Gasteiger partial charge in [-0.2, -0.15) is 9.97 Å². The van der Waals surface area contributed by atoms with Crippen LogP contribution in [0, 0.1) is 0 Å². The standard InChI is InChI=1S/C12H18N6/c1-3-8-5-4-7(2)18(8)11-9-10(15-6-14-9)16-12(13)17-11/h6-8H,3-5H2,1-2H3,(H3,13,14,15,16,17). The van der Waals surface area contributed by atoms with E-state index < -0.39 is 0 Å². The number of nitrogen functional groups attached to an aromatic ring is 1. The average Bonchev–Trinajstić information content (AvgIpc) is 2.94. The van der Waals surface area contributed by atoms with Crippen LogP contribution in [0.15, 0.2) is 6.33 Å². The molecule has 2 atom stereocenters. The summed E-state index contributed by atoms with van der Waals surface area (Å²) >= 11 is 0. The summed E-state index contributed by atoms with van der Waals surface area (Å²) in [4.78, 5) is 18.2. The number of hydrogen-bond donors (Lipinski definition) is 2. The summed E-state index contributed by atoms with van der Waals surface area (Å²) < 4.78 is 0. The Morgan fingerprint density at radius 3 is 3.06 bits per heavy atom. The fraction of sp³-hybridized carbons (Fsp3) is 0.583. The molecule has 0 spiro atoms. The monoisotopic (exact) mass is 246 g/mol. The van der Waals surface area contributed by atoms with E-state index in [9.17, 15) is 0 Å². The lowest BCUT2D eigenvalue weighted by molar-refractivity contribution is 0.623. The number of H-pyrrole nitrogens is 1. The number of imidazole rings is 1. The number of fused-ring (bicyclic) bond motifs is 1. The third kappa shape index (κ3) is 1.60. The number of anilines is 2. The molecular formula is C12H18N6. The van der Waals surface area contributed by atoms with Gasteiger partial charge >= 0.3 is 0 Å². The highest BCUT2D eigenvalue weighted by molar-refractivity contribution is 5.84. The number of rotatable bonds is 2. The van der Waals surface area contributed by atoms with E-state index in [1.165, 1.54) is 12.8 Å². The minimum Gasteiger partial charge on any atom is -0.368 e. The van der Waals surface area contributed by atoms with Crippen LogP contribution < -0.4 is 10.6 Å². The first-order valence-electron chi connectivity index (χ1n) is 6.45. The molecule has 3 N–H and O–H groups in total. The van der Waals surface area contributed by atoms with Crippen molar-refractivity contribution in [3.8, 4) is 0 Å². The molecular weight excluding hydrogens is 228 g/mol. The molecule has 6 heteroatoms. The minimum atomic E-state index is 0.290. The highest BCUT2D eigenvalue weighted by Gasteiger charge is 2.32. The lowest BCUT2D eigenvalue weighted by Crippen LogP contribution is -2.35. The van der Waals surface area contributed by atoms with Crippen LogP contribution in [0.4, 0.5) is 11.8 Å². The van der Waals surface area contributed by atoms with Crippen molar-refractivity contribution in [2.45, 2.75) is 45.2 Å². The molecule has 6 nitrogen and oxygen atoms in total. The third-order valence-corrected chi connectivity index (χ3v) is 3.79. The van der Waals surface area contributed by atoms with Crippen molar-refractivity contribution in [1.29, 1.82) is 0 Å². The third-order valence-electron chi connectivity index (χ3n) is 3.79. The molecule has 1 saturated heterocycles. The van der Waals surface area contributed by atoms with Crippen LogP contribution in [-0.2, 0) is 0 Å². The van der Waals surface area contributed by atoms with E-state index in [0.717, 1.165) is 17.8 Å². The first-order chi connectivity index (χ1) is 8.70. The lowest BCUT2D eigenvalue weighted by atomic mass is 10.1. The fourth-order valence-electron chi connectivity index (χ4n) is 2.88. The van der Waals surface area contributed by atoms with Gasteiger partial charge in [-0.3, -0.25) is 0 Å². The Balaban J connectivity index is 2.15. The molecule has 1 aliphatic heterocycles. The van der Waals surface area contributed by atoms with E-state index in [-0.39, 0.29) is 0 Å². The Morgan fingerprint density at radius 2 is 2.28 bits per heavy atom. The van der Waals surface area contributed by atoms with Crippen molar-refractivity contribution >= 4 is 22.9 Å². The van der Waals surface area contributed by atoms with Crippen LogP contribution in [0.25, 0.3) is 11.2 Å². The van der Waals surface area contributed by atoms with Crippen molar-refractivity contribution in [3.05, 3.63) is 6.33 Å². The second-order valence-electron chi connectivity index (χ2n) is 4.90. The first kappa shape index (κ1) is 11.3. The van der Waals surface area contributed by atoms with Gasteiger partial charge in [0.05, 0.1) is 6.33 Å². The van der Waals surface area contributed by atoms with Crippen LogP contribution in [0.3, 0.4) is 0 Å². The Labute approximate surface area is 106 Å². The second-order valence-corrected chi connectivity index (χ2v) is 4.90. The Morgan fingerprint density at radius 1 is 1.44 bits per heavy atom. The quantitative estimate of drug-likeness (QED) is 0.842. The molecule has 0 aliphatic carbocycles. The topological polar surface area (TPSA) is 83.7 Å². The van der Waals surface area contributed by atoms with Crippen LogP contribution >= 0.6 is 0 Å². The van der Waals surface area contributed by atoms with Crippen molar-refractivity contribution in [2.24, 2.45) is 0 Å². The minimum absolute atomic E-state index is 0.290. The summed E-state index contributed by atoms with van der Waals surface area (Å²) in [5.41, 5.74) is 7.31. The molecule has 0 radical (unpaired) electrons. The molecule has 0 saturated carbocycles. The number of hydrogen-bond acceptors (Lipinski definition) is 5. The van der Waals surface area contributed by atoms with Gasteiger partial charge in [0.15, 0.2) is 11.5 Å². The SMILES string of the molecule is CCC1CCC(C)N1c1nc(N)nc2nc[nH]c12. The van der Waals surface area contributed by atoms with Crippen LogP contribution in [0.1, 0.15) is 33.1 Å². The Bertz CT molecular complexity index is 563. The molecule has 96 valence electrons. The van der Waals surface area contributed by atoms with Gasteiger partial charge in [-0.25, -0.2) is 4.98 Å². The van der Waals surface area contributed by atoms with E-state index in [0.29, 0.717) is 23.7 Å². The zero-order valence-corrected chi connectivity index (χ0v) is 10.7. The maximum absolute atomic E-state index is 5.78. The van der Waals surface area contributed by atoms with Crippen molar-refractivity contribution in [1.82, 2.24) is 19.9 Å². The fourth-order valence-corrected chi connectivity index (χ4v) is 2.88. The van der Waals surface area contributed by atoms with Gasteiger partial charge in [0.2, 0.25) is 5.95 Å². The summed E-state index contributed by atoms with van der Waals surface area (Å²) in [6.07, 6.45) is 5.16. The Kier molecular flexibility index (Phi) is 2.57.